The Morgan fingerprint density at radius 3 is 3.05 bits per heavy atom. The summed E-state index contributed by atoms with van der Waals surface area (Å²) in [4.78, 5) is 11.4. The molecule has 1 aromatic carbocycles. The third kappa shape index (κ3) is 4.35. The van der Waals surface area contributed by atoms with Crippen LogP contribution in [0.4, 0.5) is 5.69 Å². The lowest BCUT2D eigenvalue weighted by atomic mass is 9.89. The Morgan fingerprint density at radius 2 is 2.21 bits per heavy atom. The number of benzene rings is 1. The average Bonchev–Trinajstić information content (AvgIpc) is 2.38. The predicted molar refractivity (Wildman–Crippen MR) is 79.4 cm³/mol. The summed E-state index contributed by atoms with van der Waals surface area (Å²) in [6, 6.07) is 8.35. The quantitative estimate of drug-likeness (QED) is 0.875. The number of amides is 1. The molecule has 1 aliphatic rings. The number of nitrogens with one attached hydrogen (secondary N) is 2. The topological polar surface area (TPSA) is 41.1 Å². The Labute approximate surface area is 115 Å². The minimum absolute atomic E-state index is 0.0801. The molecule has 2 rings (SSSR count). The van der Waals surface area contributed by atoms with Gasteiger partial charge in [0.05, 0.1) is 0 Å². The lowest BCUT2D eigenvalue weighted by Gasteiger charge is -2.21. The van der Waals surface area contributed by atoms with Crippen LogP contribution in [-0.4, -0.2) is 19.0 Å². The fraction of sp³-hybridized carbons (Fsp3) is 0.562. The Kier molecular flexibility index (Phi) is 5.40. The van der Waals surface area contributed by atoms with E-state index >= 15 is 0 Å². The monoisotopic (exact) mass is 260 g/mol. The second kappa shape index (κ2) is 7.29. The third-order valence-corrected chi connectivity index (χ3v) is 3.79. The molecular formula is C16H24N2O. The molecule has 0 aliphatic carbocycles. The van der Waals surface area contributed by atoms with Crippen molar-refractivity contribution in [2.75, 3.05) is 18.4 Å². The first-order valence-electron chi connectivity index (χ1n) is 7.40. The molecule has 1 fully saturated rings. The van der Waals surface area contributed by atoms with Gasteiger partial charge in [0.25, 0.3) is 0 Å². The predicted octanol–water partition coefficient (Wildman–Crippen LogP) is 3.28. The zero-order valence-corrected chi connectivity index (χ0v) is 11.7. The zero-order chi connectivity index (χ0) is 13.5. The minimum atomic E-state index is 0.0801. The van der Waals surface area contributed by atoms with Crippen LogP contribution < -0.4 is 10.6 Å². The number of rotatable bonds is 3. The van der Waals surface area contributed by atoms with E-state index in [1.807, 2.05) is 19.1 Å². The fourth-order valence-electron chi connectivity index (χ4n) is 2.64. The minimum Gasteiger partial charge on any atom is -0.326 e. The Morgan fingerprint density at radius 1 is 1.32 bits per heavy atom. The highest BCUT2D eigenvalue weighted by atomic mass is 16.1. The van der Waals surface area contributed by atoms with Crippen molar-refractivity contribution in [2.24, 2.45) is 0 Å². The van der Waals surface area contributed by atoms with Gasteiger partial charge in [0.1, 0.15) is 0 Å². The van der Waals surface area contributed by atoms with Crippen molar-refractivity contribution >= 4 is 11.6 Å². The van der Waals surface area contributed by atoms with Gasteiger partial charge >= 0.3 is 0 Å². The zero-order valence-electron chi connectivity index (χ0n) is 11.7. The van der Waals surface area contributed by atoms with E-state index in [9.17, 15) is 4.79 Å². The first kappa shape index (κ1) is 14.1. The van der Waals surface area contributed by atoms with Crippen LogP contribution in [-0.2, 0) is 4.79 Å². The number of hydrogen-bond acceptors (Lipinski definition) is 2. The van der Waals surface area contributed by atoms with Crippen LogP contribution in [0.15, 0.2) is 24.3 Å². The molecule has 3 nitrogen and oxygen atoms in total. The van der Waals surface area contributed by atoms with Crippen LogP contribution in [0.25, 0.3) is 0 Å². The number of carbonyl (C=O) groups excluding carboxylic acids is 1. The van der Waals surface area contributed by atoms with Gasteiger partial charge in [0, 0.05) is 12.1 Å². The van der Waals surface area contributed by atoms with E-state index in [1.165, 1.54) is 31.2 Å². The Bertz CT molecular complexity index is 409. The van der Waals surface area contributed by atoms with Crippen molar-refractivity contribution in [2.45, 2.75) is 44.9 Å². The molecule has 1 aliphatic heterocycles. The molecule has 1 saturated heterocycles. The number of carbonyl (C=O) groups is 1. The summed E-state index contributed by atoms with van der Waals surface area (Å²) in [6.07, 6.45) is 5.52. The summed E-state index contributed by atoms with van der Waals surface area (Å²) >= 11 is 0. The normalized spacial score (nSPS) is 20.4. The highest BCUT2D eigenvalue weighted by Gasteiger charge is 2.13. The summed E-state index contributed by atoms with van der Waals surface area (Å²) in [7, 11) is 0. The lowest BCUT2D eigenvalue weighted by Crippen LogP contribution is -2.21. The Hall–Kier alpha value is -1.35. The van der Waals surface area contributed by atoms with Crippen molar-refractivity contribution in [1.29, 1.82) is 0 Å². The van der Waals surface area contributed by atoms with Gasteiger partial charge in [-0.1, -0.05) is 25.5 Å². The summed E-state index contributed by atoms with van der Waals surface area (Å²) in [5.41, 5.74) is 2.29. The highest BCUT2D eigenvalue weighted by Crippen LogP contribution is 2.28. The molecule has 0 bridgehead atoms. The van der Waals surface area contributed by atoms with Crippen LogP contribution in [0.1, 0.15) is 50.5 Å². The van der Waals surface area contributed by atoms with Gasteiger partial charge in [0.2, 0.25) is 5.91 Å². The summed E-state index contributed by atoms with van der Waals surface area (Å²) in [5.74, 6) is 0.697. The maximum absolute atomic E-state index is 11.4. The van der Waals surface area contributed by atoms with Crippen LogP contribution in [0, 0.1) is 0 Å². The van der Waals surface area contributed by atoms with E-state index in [-0.39, 0.29) is 5.91 Å². The van der Waals surface area contributed by atoms with Gasteiger partial charge in [-0.15, -0.1) is 0 Å². The molecule has 1 heterocycles. The molecule has 3 heteroatoms. The highest BCUT2D eigenvalue weighted by molar-refractivity contribution is 5.90. The molecule has 0 radical (unpaired) electrons. The molecule has 1 unspecified atom stereocenters. The molecule has 0 spiro atoms. The molecule has 1 amide bonds. The molecular weight excluding hydrogens is 236 g/mol. The summed E-state index contributed by atoms with van der Waals surface area (Å²) in [5, 5.41) is 6.42. The van der Waals surface area contributed by atoms with Gasteiger partial charge in [-0.05, 0) is 56.0 Å². The second-order valence-corrected chi connectivity index (χ2v) is 5.26. The summed E-state index contributed by atoms with van der Waals surface area (Å²) in [6.45, 7) is 4.12. The van der Waals surface area contributed by atoms with Gasteiger partial charge in [0.15, 0.2) is 0 Å². The van der Waals surface area contributed by atoms with E-state index in [2.05, 4.69) is 22.8 Å². The van der Waals surface area contributed by atoms with E-state index in [1.54, 1.807) is 0 Å². The number of anilines is 1. The second-order valence-electron chi connectivity index (χ2n) is 5.26. The van der Waals surface area contributed by atoms with E-state index in [0.29, 0.717) is 12.3 Å². The molecule has 1 atom stereocenters. The van der Waals surface area contributed by atoms with Crippen molar-refractivity contribution in [1.82, 2.24) is 5.32 Å². The molecule has 2 N–H and O–H groups in total. The van der Waals surface area contributed by atoms with Crippen LogP contribution >= 0.6 is 0 Å². The van der Waals surface area contributed by atoms with E-state index < -0.39 is 0 Å². The van der Waals surface area contributed by atoms with Crippen LogP contribution in [0.2, 0.25) is 0 Å². The standard InChI is InChI=1S/C16H24N2O/c1-2-16(19)18-15-8-5-7-14(12-15)13-6-3-4-10-17-11-9-13/h5,7-8,12-13,17H,2-4,6,9-11H2,1H3,(H,18,19). The lowest BCUT2D eigenvalue weighted by molar-refractivity contribution is -0.115. The van der Waals surface area contributed by atoms with Gasteiger partial charge in [-0.25, -0.2) is 0 Å². The number of hydrogen-bond donors (Lipinski definition) is 2. The van der Waals surface area contributed by atoms with Crippen molar-refractivity contribution in [3.8, 4) is 0 Å². The first-order chi connectivity index (χ1) is 9.29. The molecule has 1 aromatic rings. The average molecular weight is 260 g/mol. The van der Waals surface area contributed by atoms with Crippen molar-refractivity contribution in [3.63, 3.8) is 0 Å². The smallest absolute Gasteiger partial charge is 0.224 e. The van der Waals surface area contributed by atoms with E-state index in [4.69, 9.17) is 0 Å². The van der Waals surface area contributed by atoms with Crippen molar-refractivity contribution in [3.05, 3.63) is 29.8 Å². The van der Waals surface area contributed by atoms with Crippen molar-refractivity contribution < 1.29 is 4.79 Å². The van der Waals surface area contributed by atoms with Gasteiger partial charge in [-0.2, -0.15) is 0 Å². The first-order valence-corrected chi connectivity index (χ1v) is 7.40. The maximum atomic E-state index is 11.4. The molecule has 0 aromatic heterocycles. The molecule has 19 heavy (non-hydrogen) atoms. The maximum Gasteiger partial charge on any atom is 0.224 e. The third-order valence-electron chi connectivity index (χ3n) is 3.79. The van der Waals surface area contributed by atoms with Crippen LogP contribution in [0.5, 0.6) is 0 Å². The van der Waals surface area contributed by atoms with Gasteiger partial charge in [-0.3, -0.25) is 4.79 Å². The SMILES string of the molecule is CCC(=O)Nc1cccc(C2CCCCNCC2)c1. The largest absolute Gasteiger partial charge is 0.326 e. The van der Waals surface area contributed by atoms with E-state index in [0.717, 1.165) is 18.8 Å². The van der Waals surface area contributed by atoms with Gasteiger partial charge < -0.3 is 10.6 Å². The van der Waals surface area contributed by atoms with Crippen LogP contribution in [0.3, 0.4) is 0 Å². The molecule has 0 saturated carbocycles. The fourth-order valence-corrected chi connectivity index (χ4v) is 2.64. The molecule has 104 valence electrons. The Balaban J connectivity index is 2.05. The summed E-state index contributed by atoms with van der Waals surface area (Å²) < 4.78 is 0.